The molecule has 2 fully saturated rings. The van der Waals surface area contributed by atoms with Crippen LogP contribution < -0.4 is 0 Å². The minimum absolute atomic E-state index is 0.479. The Morgan fingerprint density at radius 2 is 1.14 bits per heavy atom. The highest BCUT2D eigenvalue weighted by Gasteiger charge is 2.29. The summed E-state index contributed by atoms with van der Waals surface area (Å²) in [6.45, 7) is 0. The lowest BCUT2D eigenvalue weighted by Gasteiger charge is -2.35. The van der Waals surface area contributed by atoms with Crippen molar-refractivity contribution in [2.45, 2.75) is 62.0 Å². The summed E-state index contributed by atoms with van der Waals surface area (Å²) < 4.78 is 0. The summed E-state index contributed by atoms with van der Waals surface area (Å²) >= 11 is 10.7. The fraction of sp³-hybridized carbons (Fsp3) is 1.00. The first-order valence-corrected chi connectivity index (χ1v) is 7.03. The Bertz CT molecular complexity index is 147. The fourth-order valence-corrected chi connectivity index (χ4v) is 3.67. The predicted octanol–water partition coefficient (Wildman–Crippen LogP) is 4.27. The van der Waals surface area contributed by atoms with Crippen LogP contribution in [0.15, 0.2) is 0 Å². The van der Waals surface area contributed by atoms with Gasteiger partial charge in [-0.15, -0.1) is 11.6 Å². The van der Waals surface area contributed by atoms with E-state index in [0.29, 0.717) is 10.6 Å². The first-order valence-electron chi connectivity index (χ1n) is 6.08. The molecule has 0 aliphatic heterocycles. The van der Waals surface area contributed by atoms with Gasteiger partial charge in [0.25, 0.3) is 0 Å². The maximum atomic E-state index is 6.13. The van der Waals surface area contributed by atoms with E-state index in [9.17, 15) is 0 Å². The van der Waals surface area contributed by atoms with Crippen LogP contribution in [0.4, 0.5) is 0 Å². The molecule has 2 aliphatic carbocycles. The molecule has 14 heavy (non-hydrogen) atoms. The van der Waals surface area contributed by atoms with Gasteiger partial charge in [0.05, 0.1) is 0 Å². The lowest BCUT2D eigenvalue weighted by molar-refractivity contribution is 0.200. The van der Waals surface area contributed by atoms with Gasteiger partial charge in [-0.2, -0.15) is 12.6 Å². The SMILES string of the molecule is SC1CCC(C2CCC(Cl)CC2)CC1. The molecule has 2 aliphatic rings. The van der Waals surface area contributed by atoms with Crippen LogP contribution in [0.3, 0.4) is 0 Å². The molecular weight excluding hydrogens is 212 g/mol. The minimum Gasteiger partial charge on any atom is -0.176 e. The molecule has 0 radical (unpaired) electrons. The van der Waals surface area contributed by atoms with Gasteiger partial charge in [0.1, 0.15) is 0 Å². The molecule has 0 N–H and O–H groups in total. The lowest BCUT2D eigenvalue weighted by atomic mass is 9.73. The Balaban J connectivity index is 1.78. The number of hydrogen-bond donors (Lipinski definition) is 1. The second-order valence-corrected chi connectivity index (χ2v) is 6.43. The fourth-order valence-electron chi connectivity index (χ4n) is 3.12. The average Bonchev–Trinajstić information content (AvgIpc) is 2.21. The van der Waals surface area contributed by atoms with Crippen LogP contribution in [0.25, 0.3) is 0 Å². The van der Waals surface area contributed by atoms with E-state index in [-0.39, 0.29) is 0 Å². The molecule has 0 atom stereocenters. The van der Waals surface area contributed by atoms with Crippen molar-refractivity contribution in [1.29, 1.82) is 0 Å². The average molecular weight is 233 g/mol. The third kappa shape index (κ3) is 2.82. The van der Waals surface area contributed by atoms with Crippen molar-refractivity contribution < 1.29 is 0 Å². The molecule has 2 saturated carbocycles. The summed E-state index contributed by atoms with van der Waals surface area (Å²) in [5, 5.41) is 1.17. The molecule has 82 valence electrons. The van der Waals surface area contributed by atoms with E-state index in [1.165, 1.54) is 51.4 Å². The first-order chi connectivity index (χ1) is 6.75. The second-order valence-electron chi connectivity index (χ2n) is 5.08. The second kappa shape index (κ2) is 5.12. The summed E-state index contributed by atoms with van der Waals surface area (Å²) in [6, 6.07) is 0. The van der Waals surface area contributed by atoms with Crippen LogP contribution >= 0.6 is 24.2 Å². The summed E-state index contributed by atoms with van der Waals surface area (Å²) in [6.07, 6.45) is 10.8. The summed E-state index contributed by atoms with van der Waals surface area (Å²) in [7, 11) is 0. The van der Waals surface area contributed by atoms with Gasteiger partial charge in [0, 0.05) is 10.6 Å². The van der Waals surface area contributed by atoms with Crippen LogP contribution in [0.1, 0.15) is 51.4 Å². The van der Waals surface area contributed by atoms with E-state index in [1.54, 1.807) is 0 Å². The van der Waals surface area contributed by atoms with Crippen LogP contribution in [0, 0.1) is 11.8 Å². The molecule has 0 aromatic rings. The molecule has 0 aromatic heterocycles. The van der Waals surface area contributed by atoms with Crippen molar-refractivity contribution in [2.75, 3.05) is 0 Å². The van der Waals surface area contributed by atoms with Crippen molar-refractivity contribution in [1.82, 2.24) is 0 Å². The van der Waals surface area contributed by atoms with Gasteiger partial charge in [-0.05, 0) is 63.2 Å². The molecule has 0 aromatic carbocycles. The molecule has 0 nitrogen and oxygen atoms in total. The molecule has 0 unspecified atom stereocenters. The molecule has 0 bridgehead atoms. The van der Waals surface area contributed by atoms with Crippen molar-refractivity contribution in [2.24, 2.45) is 11.8 Å². The van der Waals surface area contributed by atoms with Gasteiger partial charge in [0.2, 0.25) is 0 Å². The molecule has 2 heteroatoms. The summed E-state index contributed by atoms with van der Waals surface area (Å²) in [5.41, 5.74) is 0. The largest absolute Gasteiger partial charge is 0.176 e. The van der Waals surface area contributed by atoms with Crippen LogP contribution in [0.5, 0.6) is 0 Å². The van der Waals surface area contributed by atoms with E-state index in [4.69, 9.17) is 11.6 Å². The molecule has 0 saturated heterocycles. The predicted molar refractivity (Wildman–Crippen MR) is 66.3 cm³/mol. The number of alkyl halides is 1. The number of halogens is 1. The highest BCUT2D eigenvalue weighted by atomic mass is 35.5. The van der Waals surface area contributed by atoms with E-state index in [2.05, 4.69) is 12.6 Å². The van der Waals surface area contributed by atoms with Crippen molar-refractivity contribution >= 4 is 24.2 Å². The van der Waals surface area contributed by atoms with E-state index >= 15 is 0 Å². The quantitative estimate of drug-likeness (QED) is 0.507. The van der Waals surface area contributed by atoms with Gasteiger partial charge < -0.3 is 0 Å². The van der Waals surface area contributed by atoms with Gasteiger partial charge >= 0.3 is 0 Å². The summed E-state index contributed by atoms with van der Waals surface area (Å²) in [4.78, 5) is 0. The smallest absolute Gasteiger partial charge is 0.0336 e. The Hall–Kier alpha value is 0.640. The van der Waals surface area contributed by atoms with Crippen LogP contribution in [-0.4, -0.2) is 10.6 Å². The highest BCUT2D eigenvalue weighted by molar-refractivity contribution is 7.80. The van der Waals surface area contributed by atoms with Crippen LogP contribution in [0.2, 0.25) is 0 Å². The molecule has 0 heterocycles. The number of thiol groups is 1. The Morgan fingerprint density at radius 1 is 0.714 bits per heavy atom. The summed E-state index contributed by atoms with van der Waals surface area (Å²) in [5.74, 6) is 1.99. The molecule has 2 rings (SSSR count). The topological polar surface area (TPSA) is 0 Å². The molecule has 0 amide bonds. The third-order valence-corrected chi connectivity index (χ3v) is 5.06. The Morgan fingerprint density at radius 3 is 1.64 bits per heavy atom. The zero-order valence-electron chi connectivity index (χ0n) is 8.79. The zero-order chi connectivity index (χ0) is 9.97. The van der Waals surface area contributed by atoms with Crippen molar-refractivity contribution in [3.63, 3.8) is 0 Å². The normalized spacial score (nSPS) is 45.0. The number of hydrogen-bond acceptors (Lipinski definition) is 1. The van der Waals surface area contributed by atoms with E-state index in [1.807, 2.05) is 0 Å². The molecule has 0 spiro atoms. The van der Waals surface area contributed by atoms with E-state index in [0.717, 1.165) is 11.8 Å². The Labute approximate surface area is 98.2 Å². The van der Waals surface area contributed by atoms with Crippen molar-refractivity contribution in [3.05, 3.63) is 0 Å². The van der Waals surface area contributed by atoms with Gasteiger partial charge in [-0.1, -0.05) is 0 Å². The molecular formula is C12H21ClS. The van der Waals surface area contributed by atoms with Gasteiger partial charge in [0.15, 0.2) is 0 Å². The third-order valence-electron chi connectivity index (χ3n) is 4.11. The van der Waals surface area contributed by atoms with Crippen LogP contribution in [-0.2, 0) is 0 Å². The standard InChI is InChI=1S/C12H21ClS/c13-11-5-1-9(2-6-11)10-3-7-12(14)8-4-10/h9-12,14H,1-8H2. The first kappa shape index (κ1) is 11.1. The monoisotopic (exact) mass is 232 g/mol. The lowest BCUT2D eigenvalue weighted by Crippen LogP contribution is -2.26. The van der Waals surface area contributed by atoms with Gasteiger partial charge in [-0.25, -0.2) is 0 Å². The number of rotatable bonds is 1. The van der Waals surface area contributed by atoms with E-state index < -0.39 is 0 Å². The van der Waals surface area contributed by atoms with Gasteiger partial charge in [-0.3, -0.25) is 0 Å². The maximum Gasteiger partial charge on any atom is 0.0336 e. The highest BCUT2D eigenvalue weighted by Crippen LogP contribution is 2.40. The Kier molecular flexibility index (Phi) is 4.07. The minimum atomic E-state index is 0.479. The maximum absolute atomic E-state index is 6.13. The zero-order valence-corrected chi connectivity index (χ0v) is 10.4. The van der Waals surface area contributed by atoms with Crippen molar-refractivity contribution in [3.8, 4) is 0 Å².